The summed E-state index contributed by atoms with van der Waals surface area (Å²) < 4.78 is 1.88. The second kappa shape index (κ2) is 7.03. The zero-order valence-corrected chi connectivity index (χ0v) is 15.3. The number of carbonyl (C=O) groups is 1. The normalized spacial score (nSPS) is 10.9. The van der Waals surface area contributed by atoms with Crippen LogP contribution in [-0.4, -0.2) is 20.7 Å². The van der Waals surface area contributed by atoms with Crippen molar-refractivity contribution in [3.05, 3.63) is 83.8 Å². The molecule has 0 unspecified atom stereocenters. The van der Waals surface area contributed by atoms with E-state index in [-0.39, 0.29) is 12.3 Å². The topological polar surface area (TPSA) is 59.8 Å². The lowest BCUT2D eigenvalue weighted by Crippen LogP contribution is -2.15. The van der Waals surface area contributed by atoms with Crippen LogP contribution in [0, 0.1) is 13.8 Å². The summed E-state index contributed by atoms with van der Waals surface area (Å²) >= 11 is 0. The van der Waals surface area contributed by atoms with Gasteiger partial charge in [0.25, 0.3) is 0 Å². The maximum Gasteiger partial charge on any atom is 0.228 e. The Kier molecular flexibility index (Phi) is 4.42. The lowest BCUT2D eigenvalue weighted by atomic mass is 10.1. The van der Waals surface area contributed by atoms with Crippen LogP contribution in [0.15, 0.2) is 66.9 Å². The van der Waals surface area contributed by atoms with E-state index in [1.54, 1.807) is 6.20 Å². The number of fused-ring (bicyclic) bond motifs is 1. The highest BCUT2D eigenvalue weighted by Gasteiger charge is 2.16. The Morgan fingerprint density at radius 2 is 1.78 bits per heavy atom. The van der Waals surface area contributed by atoms with E-state index in [1.165, 1.54) is 0 Å². The summed E-state index contributed by atoms with van der Waals surface area (Å²) in [6.45, 7) is 3.93. The number of benzene rings is 2. The Bertz CT molecular complexity index is 1120. The minimum Gasteiger partial charge on any atom is -0.324 e. The van der Waals surface area contributed by atoms with E-state index < -0.39 is 0 Å². The fourth-order valence-corrected chi connectivity index (χ4v) is 3.26. The number of rotatable bonds is 4. The largest absolute Gasteiger partial charge is 0.324 e. The zero-order chi connectivity index (χ0) is 18.8. The van der Waals surface area contributed by atoms with Crippen molar-refractivity contribution in [2.75, 3.05) is 5.32 Å². The number of amides is 1. The van der Waals surface area contributed by atoms with Crippen molar-refractivity contribution in [1.82, 2.24) is 14.8 Å². The highest BCUT2D eigenvalue weighted by Crippen LogP contribution is 2.20. The minimum absolute atomic E-state index is 0.0779. The van der Waals surface area contributed by atoms with Crippen LogP contribution in [0.1, 0.15) is 17.0 Å². The third-order valence-electron chi connectivity index (χ3n) is 4.65. The highest BCUT2D eigenvalue weighted by molar-refractivity contribution is 5.94. The van der Waals surface area contributed by atoms with E-state index in [4.69, 9.17) is 0 Å². The van der Waals surface area contributed by atoms with Gasteiger partial charge in [-0.25, -0.2) is 4.68 Å². The summed E-state index contributed by atoms with van der Waals surface area (Å²) in [4.78, 5) is 17.0. The van der Waals surface area contributed by atoms with Crippen molar-refractivity contribution in [3.8, 4) is 5.69 Å². The van der Waals surface area contributed by atoms with Gasteiger partial charge >= 0.3 is 0 Å². The molecule has 27 heavy (non-hydrogen) atoms. The number of para-hydroxylation sites is 2. The number of nitrogens with one attached hydrogen (secondary N) is 1. The van der Waals surface area contributed by atoms with E-state index >= 15 is 0 Å². The second-order valence-electron chi connectivity index (χ2n) is 6.54. The maximum absolute atomic E-state index is 12.6. The third kappa shape index (κ3) is 3.44. The fourth-order valence-electron chi connectivity index (χ4n) is 3.26. The molecule has 0 aliphatic heterocycles. The van der Waals surface area contributed by atoms with Crippen molar-refractivity contribution < 1.29 is 4.79 Å². The summed E-state index contributed by atoms with van der Waals surface area (Å²) in [7, 11) is 0. The van der Waals surface area contributed by atoms with Crippen LogP contribution >= 0.6 is 0 Å². The first-order chi connectivity index (χ1) is 13.1. The average Bonchev–Trinajstić information content (AvgIpc) is 2.97. The molecular formula is C22H20N4O. The Balaban J connectivity index is 1.55. The molecule has 0 spiro atoms. The number of aromatic nitrogens is 3. The van der Waals surface area contributed by atoms with Crippen LogP contribution < -0.4 is 5.32 Å². The molecule has 0 atom stereocenters. The molecule has 0 radical (unpaired) electrons. The van der Waals surface area contributed by atoms with Gasteiger partial charge < -0.3 is 5.32 Å². The van der Waals surface area contributed by atoms with E-state index in [9.17, 15) is 4.79 Å². The summed E-state index contributed by atoms with van der Waals surface area (Å²) in [6.07, 6.45) is 1.96. The van der Waals surface area contributed by atoms with Crippen LogP contribution in [0.4, 0.5) is 5.69 Å². The van der Waals surface area contributed by atoms with Crippen molar-refractivity contribution in [2.24, 2.45) is 0 Å². The summed E-state index contributed by atoms with van der Waals surface area (Å²) in [5.41, 5.74) is 5.39. The van der Waals surface area contributed by atoms with Crippen molar-refractivity contribution in [3.63, 3.8) is 0 Å². The molecule has 0 bridgehead atoms. The molecule has 4 aromatic rings. The summed E-state index contributed by atoms with van der Waals surface area (Å²) in [5.74, 6) is -0.0779. The fraction of sp³-hybridized carbons (Fsp3) is 0.136. The van der Waals surface area contributed by atoms with Crippen LogP contribution in [0.25, 0.3) is 16.6 Å². The standard InChI is InChI=1S/C22H20N4O/c1-15-20(16(2)26(25-15)19-9-4-3-5-10-19)13-22(27)24-18-12-17-8-6-7-11-21(17)23-14-18/h3-12,14H,13H2,1-2H3,(H,24,27). The lowest BCUT2D eigenvalue weighted by Gasteiger charge is -2.07. The molecule has 2 aromatic heterocycles. The number of pyridine rings is 1. The Hall–Kier alpha value is -3.47. The van der Waals surface area contributed by atoms with E-state index in [1.807, 2.05) is 79.2 Å². The van der Waals surface area contributed by atoms with Gasteiger partial charge in [0, 0.05) is 16.6 Å². The monoisotopic (exact) mass is 356 g/mol. The van der Waals surface area contributed by atoms with Crippen LogP contribution in [0.2, 0.25) is 0 Å². The Morgan fingerprint density at radius 1 is 1.04 bits per heavy atom. The van der Waals surface area contributed by atoms with E-state index in [2.05, 4.69) is 15.4 Å². The van der Waals surface area contributed by atoms with Gasteiger partial charge in [0.2, 0.25) is 5.91 Å². The summed E-state index contributed by atoms with van der Waals surface area (Å²) in [6, 6.07) is 19.7. The molecule has 134 valence electrons. The first-order valence-electron chi connectivity index (χ1n) is 8.87. The molecule has 0 saturated heterocycles. The molecular weight excluding hydrogens is 336 g/mol. The second-order valence-corrected chi connectivity index (χ2v) is 6.54. The number of nitrogens with zero attached hydrogens (tertiary/aromatic N) is 3. The SMILES string of the molecule is Cc1nn(-c2ccccc2)c(C)c1CC(=O)Nc1cnc2ccccc2c1. The highest BCUT2D eigenvalue weighted by atomic mass is 16.1. The molecule has 5 heteroatoms. The smallest absolute Gasteiger partial charge is 0.228 e. The minimum atomic E-state index is -0.0779. The molecule has 5 nitrogen and oxygen atoms in total. The van der Waals surface area contributed by atoms with Gasteiger partial charge in [0.1, 0.15) is 0 Å². The number of hydrogen-bond acceptors (Lipinski definition) is 3. The first kappa shape index (κ1) is 17.0. The molecule has 0 aliphatic rings. The van der Waals surface area contributed by atoms with Crippen molar-refractivity contribution >= 4 is 22.5 Å². The molecule has 2 heterocycles. The molecule has 0 saturated carbocycles. The van der Waals surface area contributed by atoms with Gasteiger partial charge in [-0.3, -0.25) is 9.78 Å². The molecule has 1 amide bonds. The number of anilines is 1. The van der Waals surface area contributed by atoms with Crippen LogP contribution in [-0.2, 0) is 11.2 Å². The third-order valence-corrected chi connectivity index (χ3v) is 4.65. The van der Waals surface area contributed by atoms with Gasteiger partial charge in [0.05, 0.1) is 35.2 Å². The first-order valence-corrected chi connectivity index (χ1v) is 8.87. The van der Waals surface area contributed by atoms with Crippen LogP contribution in [0.3, 0.4) is 0 Å². The molecule has 2 aromatic carbocycles. The lowest BCUT2D eigenvalue weighted by molar-refractivity contribution is -0.115. The molecule has 1 N–H and O–H groups in total. The van der Waals surface area contributed by atoms with Gasteiger partial charge in [-0.15, -0.1) is 0 Å². The molecule has 4 rings (SSSR count). The van der Waals surface area contributed by atoms with Gasteiger partial charge in [0.15, 0.2) is 0 Å². The number of aryl methyl sites for hydroxylation is 1. The summed E-state index contributed by atoms with van der Waals surface area (Å²) in [5, 5.41) is 8.55. The quantitative estimate of drug-likeness (QED) is 0.596. The van der Waals surface area contributed by atoms with E-state index in [0.717, 1.165) is 33.5 Å². The maximum atomic E-state index is 12.6. The van der Waals surface area contributed by atoms with Crippen molar-refractivity contribution in [2.45, 2.75) is 20.3 Å². The van der Waals surface area contributed by atoms with E-state index in [0.29, 0.717) is 5.69 Å². The average molecular weight is 356 g/mol. The van der Waals surface area contributed by atoms with Gasteiger partial charge in [-0.2, -0.15) is 5.10 Å². The Morgan fingerprint density at radius 3 is 2.59 bits per heavy atom. The van der Waals surface area contributed by atoms with Crippen LogP contribution in [0.5, 0.6) is 0 Å². The molecule has 0 fully saturated rings. The number of carbonyl (C=O) groups excluding carboxylic acids is 1. The Labute approximate surface area is 157 Å². The predicted octanol–water partition coefficient (Wildman–Crippen LogP) is 4.22. The van der Waals surface area contributed by atoms with Gasteiger partial charge in [-0.05, 0) is 38.1 Å². The number of hydrogen-bond donors (Lipinski definition) is 1. The van der Waals surface area contributed by atoms with Crippen molar-refractivity contribution in [1.29, 1.82) is 0 Å². The molecule has 0 aliphatic carbocycles. The van der Waals surface area contributed by atoms with Gasteiger partial charge in [-0.1, -0.05) is 36.4 Å². The zero-order valence-electron chi connectivity index (χ0n) is 15.3. The predicted molar refractivity (Wildman–Crippen MR) is 107 cm³/mol.